The van der Waals surface area contributed by atoms with Gasteiger partial charge in [-0.15, -0.1) is 0 Å². The second kappa shape index (κ2) is 6.31. The van der Waals surface area contributed by atoms with Crippen molar-refractivity contribution in [2.45, 2.75) is 0 Å². The average molecular weight is 319 g/mol. The zero-order valence-electron chi connectivity index (χ0n) is 12.8. The highest BCUT2D eigenvalue weighted by Gasteiger charge is 2.24. The van der Waals surface area contributed by atoms with Gasteiger partial charge in [-0.3, -0.25) is 0 Å². The molecular weight excluding hydrogens is 306 g/mol. The lowest BCUT2D eigenvalue weighted by molar-refractivity contribution is -0.135. The van der Waals surface area contributed by atoms with E-state index in [0.29, 0.717) is 22.6 Å². The van der Waals surface area contributed by atoms with E-state index in [1.165, 1.54) is 19.2 Å². The summed E-state index contributed by atoms with van der Waals surface area (Å²) in [6, 6.07) is 15.7. The van der Waals surface area contributed by atoms with Crippen LogP contribution in [0.25, 0.3) is 11.3 Å². The summed E-state index contributed by atoms with van der Waals surface area (Å²) in [6.07, 6.45) is 1.60. The quantitative estimate of drug-likeness (QED) is 0.522. The van der Waals surface area contributed by atoms with Gasteiger partial charge in [0, 0.05) is 16.7 Å². The second-order valence-electron chi connectivity index (χ2n) is 5.05. The van der Waals surface area contributed by atoms with Gasteiger partial charge < -0.3 is 14.6 Å². The Balaban J connectivity index is 2.26. The Morgan fingerprint density at radius 3 is 2.62 bits per heavy atom. The standard InChI is InChI=1S/C19H13NO4/c1-23-19(22)16(11-20)14-10-18(12-5-3-2-4-6-12)24-17-8-7-13(21)9-15(14)17/h2-10,21H,1H3/b16-14-. The number of hydrogen-bond acceptors (Lipinski definition) is 5. The fraction of sp³-hybridized carbons (Fsp3) is 0.0526. The van der Waals surface area contributed by atoms with E-state index >= 15 is 0 Å². The molecule has 1 aliphatic rings. The summed E-state index contributed by atoms with van der Waals surface area (Å²) < 4.78 is 10.6. The second-order valence-corrected chi connectivity index (χ2v) is 5.05. The summed E-state index contributed by atoms with van der Waals surface area (Å²) in [4.78, 5) is 11.9. The zero-order chi connectivity index (χ0) is 17.1. The fourth-order valence-electron chi connectivity index (χ4n) is 2.44. The summed E-state index contributed by atoms with van der Waals surface area (Å²) >= 11 is 0. The molecule has 1 N–H and O–H groups in total. The number of ether oxygens (including phenoxy) is 2. The molecule has 3 rings (SSSR count). The molecule has 0 saturated carbocycles. The molecule has 5 heteroatoms. The van der Waals surface area contributed by atoms with Crippen molar-refractivity contribution >= 4 is 17.3 Å². The molecule has 2 aromatic carbocycles. The van der Waals surface area contributed by atoms with Crippen molar-refractivity contribution in [3.63, 3.8) is 0 Å². The topological polar surface area (TPSA) is 79.6 Å². The molecule has 5 nitrogen and oxygen atoms in total. The Labute approximate surface area is 138 Å². The summed E-state index contributed by atoms with van der Waals surface area (Å²) in [5, 5.41) is 19.1. The van der Waals surface area contributed by atoms with Crippen LogP contribution in [-0.2, 0) is 9.53 Å². The minimum absolute atomic E-state index is 0.00793. The van der Waals surface area contributed by atoms with Crippen LogP contribution in [0, 0.1) is 11.3 Å². The van der Waals surface area contributed by atoms with E-state index in [4.69, 9.17) is 9.47 Å². The Hall–Kier alpha value is -3.52. The molecule has 1 heterocycles. The lowest BCUT2D eigenvalue weighted by Crippen LogP contribution is -2.10. The number of aromatic hydroxyl groups is 1. The number of methoxy groups -OCH3 is 1. The van der Waals surface area contributed by atoms with Crippen LogP contribution < -0.4 is 4.74 Å². The number of rotatable bonds is 2. The molecule has 2 aromatic rings. The number of hydrogen-bond donors (Lipinski definition) is 1. The predicted molar refractivity (Wildman–Crippen MR) is 87.7 cm³/mol. The van der Waals surface area contributed by atoms with Gasteiger partial charge in [-0.1, -0.05) is 30.3 Å². The van der Waals surface area contributed by atoms with Crippen LogP contribution in [0.4, 0.5) is 0 Å². The minimum atomic E-state index is -0.743. The minimum Gasteiger partial charge on any atom is -0.508 e. The van der Waals surface area contributed by atoms with E-state index in [9.17, 15) is 15.2 Å². The molecule has 1 aliphatic heterocycles. The molecule has 0 saturated heterocycles. The number of esters is 1. The van der Waals surface area contributed by atoms with E-state index in [1.807, 2.05) is 36.4 Å². The number of nitrogens with zero attached hydrogens (tertiary/aromatic N) is 1. The number of allylic oxidation sites excluding steroid dienone is 2. The molecule has 0 radical (unpaired) electrons. The van der Waals surface area contributed by atoms with E-state index < -0.39 is 5.97 Å². The first-order valence-corrected chi connectivity index (χ1v) is 7.15. The van der Waals surface area contributed by atoms with Crippen LogP contribution in [0.3, 0.4) is 0 Å². The molecule has 0 bridgehead atoms. The van der Waals surface area contributed by atoms with Gasteiger partial charge >= 0.3 is 5.97 Å². The molecule has 0 aromatic heterocycles. The van der Waals surface area contributed by atoms with Crippen LogP contribution in [-0.4, -0.2) is 18.2 Å². The normalized spacial score (nSPS) is 14.6. The lowest BCUT2D eigenvalue weighted by Gasteiger charge is -2.21. The summed E-state index contributed by atoms with van der Waals surface area (Å²) in [5.41, 5.74) is 1.45. The molecule has 0 aliphatic carbocycles. The molecule has 0 unspecified atom stereocenters. The Bertz CT molecular complexity index is 905. The van der Waals surface area contributed by atoms with Gasteiger partial charge in [0.1, 0.15) is 28.9 Å². The van der Waals surface area contributed by atoms with Crippen LogP contribution in [0.15, 0.2) is 60.2 Å². The number of carbonyl (C=O) groups excluding carboxylic acids is 1. The van der Waals surface area contributed by atoms with Crippen molar-refractivity contribution in [2.24, 2.45) is 0 Å². The number of fused-ring (bicyclic) bond motifs is 1. The van der Waals surface area contributed by atoms with Crippen LogP contribution in [0.5, 0.6) is 11.5 Å². The molecule has 0 spiro atoms. The maximum Gasteiger partial charge on any atom is 0.349 e. The van der Waals surface area contributed by atoms with Crippen molar-refractivity contribution in [3.05, 3.63) is 71.3 Å². The lowest BCUT2D eigenvalue weighted by atomic mass is 9.95. The van der Waals surface area contributed by atoms with Crippen molar-refractivity contribution in [3.8, 4) is 17.6 Å². The van der Waals surface area contributed by atoms with Gasteiger partial charge in [0.05, 0.1) is 7.11 Å². The van der Waals surface area contributed by atoms with E-state index in [-0.39, 0.29) is 11.3 Å². The van der Waals surface area contributed by atoms with E-state index in [1.54, 1.807) is 12.1 Å². The third-order valence-corrected chi connectivity index (χ3v) is 3.58. The maximum atomic E-state index is 11.9. The Kier molecular flexibility index (Phi) is 4.04. The molecule has 0 atom stereocenters. The van der Waals surface area contributed by atoms with Gasteiger partial charge in [0.25, 0.3) is 0 Å². The predicted octanol–water partition coefficient (Wildman–Crippen LogP) is 3.28. The van der Waals surface area contributed by atoms with Crippen LogP contribution in [0.2, 0.25) is 0 Å². The number of carbonyl (C=O) groups is 1. The third-order valence-electron chi connectivity index (χ3n) is 3.58. The highest BCUT2D eigenvalue weighted by Crippen LogP contribution is 2.40. The number of phenols is 1. The molecule has 0 amide bonds. The maximum absolute atomic E-state index is 11.9. The Morgan fingerprint density at radius 1 is 1.21 bits per heavy atom. The molecule has 24 heavy (non-hydrogen) atoms. The molecular formula is C19H13NO4. The Morgan fingerprint density at radius 2 is 1.96 bits per heavy atom. The number of nitriles is 1. The van der Waals surface area contributed by atoms with E-state index in [2.05, 4.69) is 0 Å². The molecule has 118 valence electrons. The van der Waals surface area contributed by atoms with Gasteiger partial charge in [0.2, 0.25) is 0 Å². The fourth-order valence-corrected chi connectivity index (χ4v) is 2.44. The van der Waals surface area contributed by atoms with Crippen LogP contribution >= 0.6 is 0 Å². The summed E-state index contributed by atoms with van der Waals surface area (Å²) in [6.45, 7) is 0. The van der Waals surface area contributed by atoms with Crippen LogP contribution in [0.1, 0.15) is 11.1 Å². The number of benzene rings is 2. The van der Waals surface area contributed by atoms with Crippen molar-refractivity contribution in [2.75, 3.05) is 7.11 Å². The first kappa shape index (κ1) is 15.4. The first-order valence-electron chi connectivity index (χ1n) is 7.15. The van der Waals surface area contributed by atoms with Crippen molar-refractivity contribution in [1.82, 2.24) is 0 Å². The molecule has 0 fully saturated rings. The summed E-state index contributed by atoms with van der Waals surface area (Å²) in [7, 11) is 1.21. The van der Waals surface area contributed by atoms with Crippen molar-refractivity contribution in [1.29, 1.82) is 5.26 Å². The van der Waals surface area contributed by atoms with E-state index in [0.717, 1.165) is 5.56 Å². The largest absolute Gasteiger partial charge is 0.508 e. The van der Waals surface area contributed by atoms with Gasteiger partial charge in [-0.2, -0.15) is 5.26 Å². The van der Waals surface area contributed by atoms with Crippen molar-refractivity contribution < 1.29 is 19.4 Å². The number of phenolic OH excluding ortho intramolecular Hbond substituents is 1. The van der Waals surface area contributed by atoms with Gasteiger partial charge in [-0.25, -0.2) is 4.79 Å². The zero-order valence-corrected chi connectivity index (χ0v) is 12.8. The third kappa shape index (κ3) is 2.73. The summed E-state index contributed by atoms with van der Waals surface area (Å²) in [5.74, 6) is 0.210. The smallest absolute Gasteiger partial charge is 0.349 e. The highest BCUT2D eigenvalue weighted by atomic mass is 16.5. The SMILES string of the molecule is COC(=O)/C(C#N)=C1/C=C(c2ccccc2)Oc2ccc(O)cc21. The first-order chi connectivity index (χ1) is 11.6. The van der Waals surface area contributed by atoms with Gasteiger partial charge in [-0.05, 0) is 24.3 Å². The highest BCUT2D eigenvalue weighted by molar-refractivity contribution is 6.06. The van der Waals surface area contributed by atoms with Gasteiger partial charge in [0.15, 0.2) is 0 Å². The monoisotopic (exact) mass is 319 g/mol. The average Bonchev–Trinajstić information content (AvgIpc) is 2.62.